The molecule has 0 spiro atoms. The lowest BCUT2D eigenvalue weighted by Crippen LogP contribution is -2.41. The first-order chi connectivity index (χ1) is 20.2. The van der Waals surface area contributed by atoms with Crippen molar-refractivity contribution in [3.63, 3.8) is 0 Å². The Hall–Kier alpha value is -3.92. The molecule has 0 aliphatic carbocycles. The number of nitrogens with one attached hydrogen (secondary N) is 1. The van der Waals surface area contributed by atoms with Crippen LogP contribution in [0.2, 0.25) is 0 Å². The van der Waals surface area contributed by atoms with Gasteiger partial charge >= 0.3 is 5.97 Å². The molecule has 0 radical (unpaired) electrons. The number of alkyl halides is 2. The summed E-state index contributed by atoms with van der Waals surface area (Å²) in [6, 6.07) is 8.88. The molecule has 232 valence electrons. The number of carbonyl (C=O) groups excluding carboxylic acids is 1. The first kappa shape index (κ1) is 33.6. The number of aliphatic carboxylic acids is 1. The van der Waals surface area contributed by atoms with Gasteiger partial charge in [0.1, 0.15) is 11.9 Å². The highest BCUT2D eigenvalue weighted by Crippen LogP contribution is 2.31. The third kappa shape index (κ3) is 8.79. The molecule has 0 aliphatic heterocycles. The summed E-state index contributed by atoms with van der Waals surface area (Å²) >= 11 is 0. The van der Waals surface area contributed by atoms with E-state index in [1.54, 1.807) is 32.0 Å². The van der Waals surface area contributed by atoms with Crippen LogP contribution in [0.5, 0.6) is 0 Å². The Morgan fingerprint density at radius 1 is 1.05 bits per heavy atom. The van der Waals surface area contributed by atoms with Gasteiger partial charge in [0.15, 0.2) is 0 Å². The summed E-state index contributed by atoms with van der Waals surface area (Å²) in [5.74, 6) is -2.26. The summed E-state index contributed by atoms with van der Waals surface area (Å²) in [6.07, 6.45) is -1.47. The van der Waals surface area contributed by atoms with Crippen molar-refractivity contribution in [1.29, 1.82) is 0 Å². The number of carbonyl (C=O) groups is 2. The number of pyridine rings is 1. The number of aryl methyl sites for hydroxylation is 2. The van der Waals surface area contributed by atoms with Crippen LogP contribution < -0.4 is 10.9 Å². The minimum atomic E-state index is -3.03. The van der Waals surface area contributed by atoms with E-state index < -0.39 is 47.9 Å². The van der Waals surface area contributed by atoms with Crippen LogP contribution in [0.1, 0.15) is 73.0 Å². The summed E-state index contributed by atoms with van der Waals surface area (Å²) in [5, 5.41) is 12.5. The van der Waals surface area contributed by atoms with Crippen LogP contribution in [-0.2, 0) is 16.0 Å². The molecule has 3 aromatic rings. The lowest BCUT2D eigenvalue weighted by atomic mass is 9.92. The summed E-state index contributed by atoms with van der Waals surface area (Å²) in [7, 11) is 3.69. The second-order valence-electron chi connectivity index (χ2n) is 11.7. The largest absolute Gasteiger partial charge is 0.481 e. The Morgan fingerprint density at radius 2 is 1.70 bits per heavy atom. The third-order valence-corrected chi connectivity index (χ3v) is 7.31. The number of likely N-dealkylation sites (N-methyl/N-ethyl adjacent to an activating group) is 1. The van der Waals surface area contributed by atoms with E-state index in [0.29, 0.717) is 35.2 Å². The fourth-order valence-electron chi connectivity index (χ4n) is 5.33. The van der Waals surface area contributed by atoms with Gasteiger partial charge in [-0.1, -0.05) is 32.0 Å². The first-order valence-corrected chi connectivity index (χ1v) is 14.2. The molecule has 0 aliphatic rings. The summed E-state index contributed by atoms with van der Waals surface area (Å²) in [6.45, 7) is 7.81. The Bertz CT molecular complexity index is 1490. The fourth-order valence-corrected chi connectivity index (χ4v) is 5.33. The van der Waals surface area contributed by atoms with E-state index in [-0.39, 0.29) is 18.2 Å². The zero-order chi connectivity index (χ0) is 32.0. The SMILES string of the molecule is Cc1cc(F)cc(C)c1-c1cccc(C(CC(=O)O)NC(=O)C(CC(C)C)n2cc(CCN(C)C)cc(C(F)F)c2=O)c1. The fraction of sp³-hybridized carbons (Fsp3) is 0.424. The normalized spacial score (nSPS) is 13.0. The molecule has 2 unspecified atom stereocenters. The Kier molecular flexibility index (Phi) is 11.3. The number of carboxylic acids is 1. The number of carboxylic acid groups (broad SMARTS) is 1. The maximum atomic E-state index is 13.9. The molecule has 0 saturated heterocycles. The van der Waals surface area contributed by atoms with Gasteiger partial charge in [-0.3, -0.25) is 14.4 Å². The standard InChI is InChI=1S/C33H40F3N3O4/c1-19(2)12-28(39-18-22(10-11-38(5)6)15-26(31(35)36)33(39)43)32(42)37-27(17-29(40)41)23-8-7-9-24(16-23)30-20(3)13-25(34)14-21(30)4/h7-9,13-16,18-19,27-28,31H,10-12,17H2,1-6H3,(H,37,42)(H,40,41). The zero-order valence-electron chi connectivity index (χ0n) is 25.5. The number of rotatable bonds is 13. The molecule has 0 saturated carbocycles. The molecule has 1 aromatic heterocycles. The Balaban J connectivity index is 2.06. The number of benzene rings is 2. The zero-order valence-corrected chi connectivity index (χ0v) is 25.5. The number of hydrogen-bond acceptors (Lipinski definition) is 4. The van der Waals surface area contributed by atoms with Crippen LogP contribution in [0.15, 0.2) is 53.5 Å². The molecule has 2 atom stereocenters. The average molecular weight is 600 g/mol. The highest BCUT2D eigenvalue weighted by Gasteiger charge is 2.29. The van der Waals surface area contributed by atoms with E-state index in [1.807, 2.05) is 38.9 Å². The van der Waals surface area contributed by atoms with Crippen molar-refractivity contribution in [2.24, 2.45) is 5.92 Å². The number of halogens is 3. The van der Waals surface area contributed by atoms with Crippen molar-refractivity contribution in [2.45, 2.75) is 65.5 Å². The first-order valence-electron chi connectivity index (χ1n) is 14.2. The van der Waals surface area contributed by atoms with Crippen LogP contribution in [0.4, 0.5) is 13.2 Å². The number of hydrogen-bond donors (Lipinski definition) is 2. The number of nitrogens with zero attached hydrogens (tertiary/aromatic N) is 2. The van der Waals surface area contributed by atoms with Crippen LogP contribution in [-0.4, -0.2) is 47.1 Å². The monoisotopic (exact) mass is 599 g/mol. The van der Waals surface area contributed by atoms with E-state index in [4.69, 9.17) is 0 Å². The van der Waals surface area contributed by atoms with Crippen molar-refractivity contribution in [3.05, 3.63) is 92.6 Å². The minimum Gasteiger partial charge on any atom is -0.481 e. The van der Waals surface area contributed by atoms with E-state index in [2.05, 4.69) is 5.32 Å². The van der Waals surface area contributed by atoms with Crippen molar-refractivity contribution >= 4 is 11.9 Å². The third-order valence-electron chi connectivity index (χ3n) is 7.31. The smallest absolute Gasteiger partial charge is 0.305 e. The molecule has 1 amide bonds. The molecule has 43 heavy (non-hydrogen) atoms. The molecule has 10 heteroatoms. The predicted octanol–water partition coefficient (Wildman–Crippen LogP) is 6.23. The van der Waals surface area contributed by atoms with E-state index in [0.717, 1.165) is 15.7 Å². The van der Waals surface area contributed by atoms with Gasteiger partial charge in [0.25, 0.3) is 12.0 Å². The quantitative estimate of drug-likeness (QED) is 0.243. The van der Waals surface area contributed by atoms with Crippen molar-refractivity contribution in [2.75, 3.05) is 20.6 Å². The summed E-state index contributed by atoms with van der Waals surface area (Å²) in [5.41, 5.74) is 2.28. The van der Waals surface area contributed by atoms with Gasteiger partial charge in [-0.05, 0) is 104 Å². The molecule has 3 rings (SSSR count). The van der Waals surface area contributed by atoms with E-state index in [1.165, 1.54) is 24.4 Å². The van der Waals surface area contributed by atoms with Gasteiger partial charge in [-0.2, -0.15) is 0 Å². The number of amides is 1. The van der Waals surface area contributed by atoms with Crippen molar-refractivity contribution in [1.82, 2.24) is 14.8 Å². The second-order valence-corrected chi connectivity index (χ2v) is 11.7. The Morgan fingerprint density at radius 3 is 2.26 bits per heavy atom. The number of aromatic nitrogens is 1. The van der Waals surface area contributed by atoms with Crippen LogP contribution >= 0.6 is 0 Å². The summed E-state index contributed by atoms with van der Waals surface area (Å²) in [4.78, 5) is 40.9. The predicted molar refractivity (Wildman–Crippen MR) is 161 cm³/mol. The summed E-state index contributed by atoms with van der Waals surface area (Å²) < 4.78 is 42.9. The topological polar surface area (TPSA) is 91.6 Å². The lowest BCUT2D eigenvalue weighted by molar-refractivity contribution is -0.138. The molecule has 2 aromatic carbocycles. The van der Waals surface area contributed by atoms with Crippen LogP contribution in [0.3, 0.4) is 0 Å². The van der Waals surface area contributed by atoms with Gasteiger partial charge in [-0.15, -0.1) is 0 Å². The van der Waals surface area contributed by atoms with Crippen molar-refractivity contribution < 1.29 is 27.9 Å². The highest BCUT2D eigenvalue weighted by atomic mass is 19.3. The highest BCUT2D eigenvalue weighted by molar-refractivity contribution is 5.82. The van der Waals surface area contributed by atoms with Gasteiger partial charge in [0.05, 0.1) is 18.0 Å². The maximum Gasteiger partial charge on any atom is 0.305 e. The van der Waals surface area contributed by atoms with Gasteiger partial charge in [-0.25, -0.2) is 13.2 Å². The minimum absolute atomic E-state index is 0.0891. The molecule has 0 bridgehead atoms. The van der Waals surface area contributed by atoms with Gasteiger partial charge in [0.2, 0.25) is 5.91 Å². The molecule has 0 fully saturated rings. The van der Waals surface area contributed by atoms with Gasteiger partial charge in [0, 0.05) is 12.7 Å². The average Bonchev–Trinajstić information content (AvgIpc) is 2.90. The second kappa shape index (κ2) is 14.5. The van der Waals surface area contributed by atoms with Crippen LogP contribution in [0, 0.1) is 25.6 Å². The molecule has 1 heterocycles. The van der Waals surface area contributed by atoms with Gasteiger partial charge < -0.3 is 19.9 Å². The molecular formula is C33H40F3N3O4. The maximum absolute atomic E-state index is 13.9. The molecular weight excluding hydrogens is 559 g/mol. The molecule has 7 nitrogen and oxygen atoms in total. The Labute approximate surface area is 250 Å². The van der Waals surface area contributed by atoms with Crippen LogP contribution in [0.25, 0.3) is 11.1 Å². The van der Waals surface area contributed by atoms with E-state index in [9.17, 15) is 32.7 Å². The van der Waals surface area contributed by atoms with Crippen molar-refractivity contribution in [3.8, 4) is 11.1 Å². The molecule has 2 N–H and O–H groups in total. The lowest BCUT2D eigenvalue weighted by Gasteiger charge is -2.26. The van der Waals surface area contributed by atoms with E-state index >= 15 is 0 Å².